The first kappa shape index (κ1) is 17.5. The lowest BCUT2D eigenvalue weighted by atomic mass is 10.1. The maximum atomic E-state index is 5.55. The molecule has 1 aromatic rings. The largest absolute Gasteiger partial charge is 0.375 e. The molecule has 1 unspecified atom stereocenters. The van der Waals surface area contributed by atoms with Crippen molar-refractivity contribution in [2.24, 2.45) is 4.99 Å². The molecular formula is C17H29N3O. The highest BCUT2D eigenvalue weighted by Crippen LogP contribution is 2.16. The summed E-state index contributed by atoms with van der Waals surface area (Å²) in [7, 11) is 1.73. The number of guanidine groups is 1. The van der Waals surface area contributed by atoms with Crippen molar-refractivity contribution < 1.29 is 4.74 Å². The SMILES string of the molecule is CCCCCNC(=NCC(OC)c1ccccc1)NCC. The number of unbranched alkanes of at least 4 members (excludes halogenated alkanes) is 2. The number of hydrogen-bond acceptors (Lipinski definition) is 2. The Bertz CT molecular complexity index is 392. The van der Waals surface area contributed by atoms with Crippen LogP contribution in [0.3, 0.4) is 0 Å². The van der Waals surface area contributed by atoms with Gasteiger partial charge in [-0.25, -0.2) is 0 Å². The zero-order valence-corrected chi connectivity index (χ0v) is 13.6. The summed E-state index contributed by atoms with van der Waals surface area (Å²) in [4.78, 5) is 4.63. The van der Waals surface area contributed by atoms with Crippen molar-refractivity contribution in [3.05, 3.63) is 35.9 Å². The van der Waals surface area contributed by atoms with Gasteiger partial charge in [0, 0.05) is 20.2 Å². The van der Waals surface area contributed by atoms with Gasteiger partial charge in [-0.2, -0.15) is 0 Å². The van der Waals surface area contributed by atoms with Crippen LogP contribution in [0.5, 0.6) is 0 Å². The third kappa shape index (κ3) is 7.14. The molecule has 21 heavy (non-hydrogen) atoms. The van der Waals surface area contributed by atoms with E-state index in [1.54, 1.807) is 7.11 Å². The lowest BCUT2D eigenvalue weighted by Crippen LogP contribution is -2.38. The fourth-order valence-electron chi connectivity index (χ4n) is 2.08. The van der Waals surface area contributed by atoms with Gasteiger partial charge in [-0.1, -0.05) is 50.1 Å². The van der Waals surface area contributed by atoms with E-state index in [0.717, 1.165) is 24.6 Å². The van der Waals surface area contributed by atoms with Gasteiger partial charge in [0.1, 0.15) is 6.10 Å². The van der Waals surface area contributed by atoms with Crippen LogP contribution in [-0.4, -0.2) is 32.7 Å². The maximum absolute atomic E-state index is 5.55. The molecule has 0 aliphatic carbocycles. The van der Waals surface area contributed by atoms with Crippen molar-refractivity contribution >= 4 is 5.96 Å². The Morgan fingerprint density at radius 2 is 1.90 bits per heavy atom. The van der Waals surface area contributed by atoms with Crippen LogP contribution in [0.1, 0.15) is 44.8 Å². The van der Waals surface area contributed by atoms with Gasteiger partial charge in [0.05, 0.1) is 6.54 Å². The van der Waals surface area contributed by atoms with Gasteiger partial charge in [0.15, 0.2) is 5.96 Å². The van der Waals surface area contributed by atoms with Crippen LogP contribution in [0.25, 0.3) is 0 Å². The molecule has 0 aliphatic heterocycles. The highest BCUT2D eigenvalue weighted by Gasteiger charge is 2.09. The number of methoxy groups -OCH3 is 1. The van der Waals surface area contributed by atoms with Gasteiger partial charge in [-0.05, 0) is 18.9 Å². The second-order valence-electron chi connectivity index (χ2n) is 4.99. The highest BCUT2D eigenvalue weighted by atomic mass is 16.5. The summed E-state index contributed by atoms with van der Waals surface area (Å²) in [5, 5.41) is 6.64. The Morgan fingerprint density at radius 1 is 1.14 bits per heavy atom. The molecule has 0 saturated carbocycles. The first-order valence-corrected chi connectivity index (χ1v) is 7.91. The molecule has 0 spiro atoms. The van der Waals surface area contributed by atoms with Crippen molar-refractivity contribution in [2.75, 3.05) is 26.7 Å². The van der Waals surface area contributed by atoms with Crippen molar-refractivity contribution in [3.8, 4) is 0 Å². The molecule has 0 bridgehead atoms. The number of nitrogens with one attached hydrogen (secondary N) is 2. The number of benzene rings is 1. The first-order valence-electron chi connectivity index (χ1n) is 7.91. The van der Waals surface area contributed by atoms with Crippen LogP contribution in [0.2, 0.25) is 0 Å². The molecule has 2 N–H and O–H groups in total. The molecule has 1 atom stereocenters. The van der Waals surface area contributed by atoms with Gasteiger partial charge >= 0.3 is 0 Å². The molecular weight excluding hydrogens is 262 g/mol. The molecule has 0 saturated heterocycles. The second-order valence-corrected chi connectivity index (χ2v) is 4.99. The molecule has 0 heterocycles. The minimum absolute atomic E-state index is 0.00250. The van der Waals surface area contributed by atoms with Gasteiger partial charge < -0.3 is 15.4 Å². The van der Waals surface area contributed by atoms with E-state index >= 15 is 0 Å². The molecule has 4 nitrogen and oxygen atoms in total. The van der Waals surface area contributed by atoms with Crippen molar-refractivity contribution in [1.82, 2.24) is 10.6 Å². The van der Waals surface area contributed by atoms with E-state index in [-0.39, 0.29) is 6.10 Å². The van der Waals surface area contributed by atoms with Crippen LogP contribution in [-0.2, 0) is 4.74 Å². The number of rotatable bonds is 9. The molecule has 0 aliphatic rings. The zero-order valence-electron chi connectivity index (χ0n) is 13.6. The summed E-state index contributed by atoms with van der Waals surface area (Å²) in [5.41, 5.74) is 1.16. The Kier molecular flexibility index (Phi) is 9.29. The molecule has 118 valence electrons. The molecule has 0 radical (unpaired) electrons. The van der Waals surface area contributed by atoms with Gasteiger partial charge in [0.2, 0.25) is 0 Å². The van der Waals surface area contributed by atoms with Gasteiger partial charge in [0.25, 0.3) is 0 Å². The van der Waals surface area contributed by atoms with Gasteiger partial charge in [-0.3, -0.25) is 4.99 Å². The normalized spacial score (nSPS) is 13.0. The topological polar surface area (TPSA) is 45.7 Å². The predicted molar refractivity (Wildman–Crippen MR) is 89.7 cm³/mol. The van der Waals surface area contributed by atoms with Crippen molar-refractivity contribution in [3.63, 3.8) is 0 Å². The van der Waals surface area contributed by atoms with Gasteiger partial charge in [-0.15, -0.1) is 0 Å². The van der Waals surface area contributed by atoms with Crippen molar-refractivity contribution in [2.45, 2.75) is 39.2 Å². The standard InChI is InChI=1S/C17H29N3O/c1-4-6-10-13-19-17(18-5-2)20-14-16(21-3)15-11-8-7-9-12-15/h7-9,11-12,16H,4-6,10,13-14H2,1-3H3,(H2,18,19,20). The fraction of sp³-hybridized carbons (Fsp3) is 0.588. The second kappa shape index (κ2) is 11.1. The van der Waals surface area contributed by atoms with Crippen LogP contribution in [0, 0.1) is 0 Å². The van der Waals surface area contributed by atoms with E-state index in [2.05, 4.69) is 41.6 Å². The molecule has 4 heteroatoms. The summed E-state index contributed by atoms with van der Waals surface area (Å²) < 4.78 is 5.55. The van der Waals surface area contributed by atoms with Crippen LogP contribution in [0.4, 0.5) is 0 Å². The fourth-order valence-corrected chi connectivity index (χ4v) is 2.08. The van der Waals surface area contributed by atoms with E-state index < -0.39 is 0 Å². The third-order valence-electron chi connectivity index (χ3n) is 3.29. The Labute approximate surface area is 129 Å². The Hall–Kier alpha value is -1.55. The predicted octanol–water partition coefficient (Wildman–Crippen LogP) is 3.12. The summed E-state index contributed by atoms with van der Waals surface area (Å²) in [5.74, 6) is 0.867. The van der Waals surface area contributed by atoms with E-state index in [0.29, 0.717) is 6.54 Å². The lowest BCUT2D eigenvalue weighted by Gasteiger charge is -2.16. The molecule has 1 aromatic carbocycles. The molecule has 0 amide bonds. The quantitative estimate of drug-likeness (QED) is 0.417. The average molecular weight is 291 g/mol. The lowest BCUT2D eigenvalue weighted by molar-refractivity contribution is 0.111. The number of ether oxygens (including phenoxy) is 1. The van der Waals surface area contributed by atoms with E-state index in [1.165, 1.54) is 19.3 Å². The molecule has 0 aromatic heterocycles. The van der Waals surface area contributed by atoms with Crippen LogP contribution < -0.4 is 10.6 Å². The molecule has 0 fully saturated rings. The minimum atomic E-state index is -0.00250. The van der Waals surface area contributed by atoms with E-state index in [4.69, 9.17) is 4.74 Å². The maximum Gasteiger partial charge on any atom is 0.191 e. The number of nitrogens with zero attached hydrogens (tertiary/aromatic N) is 1. The highest BCUT2D eigenvalue weighted by molar-refractivity contribution is 5.79. The number of aliphatic imine (C=N–C) groups is 1. The average Bonchev–Trinajstić information content (AvgIpc) is 2.53. The monoisotopic (exact) mass is 291 g/mol. The summed E-state index contributed by atoms with van der Waals surface area (Å²) in [6.07, 6.45) is 3.65. The van der Waals surface area contributed by atoms with Crippen molar-refractivity contribution in [1.29, 1.82) is 0 Å². The van der Waals surface area contributed by atoms with E-state index in [9.17, 15) is 0 Å². The summed E-state index contributed by atoms with van der Waals surface area (Å²) in [6.45, 7) is 6.73. The van der Waals surface area contributed by atoms with E-state index in [1.807, 2.05) is 18.2 Å². The Balaban J connectivity index is 2.54. The first-order chi connectivity index (χ1) is 10.3. The smallest absolute Gasteiger partial charge is 0.191 e. The van der Waals surface area contributed by atoms with Crippen LogP contribution in [0.15, 0.2) is 35.3 Å². The van der Waals surface area contributed by atoms with Crippen LogP contribution >= 0.6 is 0 Å². The molecule has 1 rings (SSSR count). The Morgan fingerprint density at radius 3 is 2.52 bits per heavy atom. The summed E-state index contributed by atoms with van der Waals surface area (Å²) in [6, 6.07) is 10.2. The zero-order chi connectivity index (χ0) is 15.3. The number of hydrogen-bond donors (Lipinski definition) is 2. The minimum Gasteiger partial charge on any atom is -0.375 e. The third-order valence-corrected chi connectivity index (χ3v) is 3.29. The summed E-state index contributed by atoms with van der Waals surface area (Å²) >= 11 is 0.